The topological polar surface area (TPSA) is 75.6 Å². The summed E-state index contributed by atoms with van der Waals surface area (Å²) in [6.45, 7) is 1.83. The average Bonchev–Trinajstić information content (AvgIpc) is 2.82. The Morgan fingerprint density at radius 2 is 1.76 bits per heavy atom. The lowest BCUT2D eigenvalue weighted by Gasteiger charge is -2.14. The second kappa shape index (κ2) is 8.26. The standard InChI is InChI=1S/C25H19F3N6/c1-14-10-20-19(15-6-7-21-16(11-15)13-31-24(29-2)34-21)8-9-30-22(20)23(32-14)33-18-5-3-4-17(12-18)25(26,27)28/h3-13H,1-2H3,(H,32,33)(H,29,31,34). The number of pyridine rings is 2. The first-order chi connectivity index (χ1) is 16.3. The highest BCUT2D eigenvalue weighted by Gasteiger charge is 2.30. The number of benzene rings is 2. The molecule has 0 spiro atoms. The zero-order valence-corrected chi connectivity index (χ0v) is 18.3. The van der Waals surface area contributed by atoms with Gasteiger partial charge in [0.15, 0.2) is 5.82 Å². The summed E-state index contributed by atoms with van der Waals surface area (Å²) < 4.78 is 39.4. The molecule has 5 rings (SSSR count). The van der Waals surface area contributed by atoms with Crippen LogP contribution in [0.3, 0.4) is 0 Å². The van der Waals surface area contributed by atoms with Crippen molar-refractivity contribution in [2.24, 2.45) is 0 Å². The zero-order valence-electron chi connectivity index (χ0n) is 18.3. The van der Waals surface area contributed by atoms with E-state index in [0.29, 0.717) is 23.0 Å². The highest BCUT2D eigenvalue weighted by Crippen LogP contribution is 2.35. The first-order valence-electron chi connectivity index (χ1n) is 10.5. The smallest absolute Gasteiger partial charge is 0.357 e. The largest absolute Gasteiger partial charge is 0.416 e. The summed E-state index contributed by atoms with van der Waals surface area (Å²) in [5.41, 5.74) is 3.48. The van der Waals surface area contributed by atoms with Gasteiger partial charge in [-0.05, 0) is 60.5 Å². The molecule has 3 aromatic heterocycles. The van der Waals surface area contributed by atoms with Gasteiger partial charge in [-0.2, -0.15) is 13.2 Å². The third-order valence-corrected chi connectivity index (χ3v) is 5.42. The monoisotopic (exact) mass is 460 g/mol. The van der Waals surface area contributed by atoms with Crippen molar-refractivity contribution in [2.45, 2.75) is 13.1 Å². The Balaban J connectivity index is 1.61. The van der Waals surface area contributed by atoms with Crippen LogP contribution in [0.15, 0.2) is 67.0 Å². The molecule has 0 unspecified atom stereocenters. The van der Waals surface area contributed by atoms with Gasteiger partial charge in [-0.15, -0.1) is 0 Å². The maximum Gasteiger partial charge on any atom is 0.416 e. The van der Waals surface area contributed by atoms with Crippen LogP contribution in [0.1, 0.15) is 11.3 Å². The summed E-state index contributed by atoms with van der Waals surface area (Å²) in [5, 5.41) is 7.66. The number of halogens is 3. The molecule has 0 fully saturated rings. The van der Waals surface area contributed by atoms with Crippen molar-refractivity contribution in [3.8, 4) is 11.1 Å². The highest BCUT2D eigenvalue weighted by molar-refractivity contribution is 6.01. The van der Waals surface area contributed by atoms with E-state index in [1.807, 2.05) is 37.3 Å². The van der Waals surface area contributed by atoms with Gasteiger partial charge in [-0.3, -0.25) is 4.98 Å². The van der Waals surface area contributed by atoms with Crippen molar-refractivity contribution < 1.29 is 13.2 Å². The maximum atomic E-state index is 13.1. The van der Waals surface area contributed by atoms with Gasteiger partial charge in [0.25, 0.3) is 0 Å². The normalized spacial score (nSPS) is 11.7. The molecule has 0 aliphatic heterocycles. The van der Waals surface area contributed by atoms with Crippen molar-refractivity contribution in [2.75, 3.05) is 17.7 Å². The molecule has 0 radical (unpaired) electrons. The summed E-state index contributed by atoms with van der Waals surface area (Å²) in [5.74, 6) is 0.931. The molecular weight excluding hydrogens is 441 g/mol. The molecule has 2 N–H and O–H groups in total. The Bertz CT molecular complexity index is 1530. The van der Waals surface area contributed by atoms with Crippen molar-refractivity contribution >= 4 is 39.3 Å². The van der Waals surface area contributed by atoms with E-state index >= 15 is 0 Å². The van der Waals surface area contributed by atoms with Crippen molar-refractivity contribution in [1.82, 2.24) is 19.9 Å². The summed E-state index contributed by atoms with van der Waals surface area (Å²) in [7, 11) is 1.76. The van der Waals surface area contributed by atoms with Gasteiger partial charge in [0.1, 0.15) is 5.52 Å². The van der Waals surface area contributed by atoms with Crippen molar-refractivity contribution in [1.29, 1.82) is 0 Å². The minimum Gasteiger partial charge on any atom is -0.357 e. The number of rotatable bonds is 4. The lowest BCUT2D eigenvalue weighted by Crippen LogP contribution is -2.05. The van der Waals surface area contributed by atoms with Gasteiger partial charge in [-0.25, -0.2) is 15.0 Å². The lowest BCUT2D eigenvalue weighted by molar-refractivity contribution is -0.137. The number of fused-ring (bicyclic) bond motifs is 2. The van der Waals surface area contributed by atoms with Gasteiger partial charge >= 0.3 is 6.18 Å². The first kappa shape index (κ1) is 21.6. The predicted molar refractivity (Wildman–Crippen MR) is 127 cm³/mol. The molecule has 0 atom stereocenters. The maximum absolute atomic E-state index is 13.1. The molecule has 0 aliphatic carbocycles. The summed E-state index contributed by atoms with van der Waals surface area (Å²) in [6, 6.07) is 14.7. The Morgan fingerprint density at radius 3 is 2.56 bits per heavy atom. The van der Waals surface area contributed by atoms with Crippen molar-refractivity contribution in [3.63, 3.8) is 0 Å². The molecule has 3 heterocycles. The van der Waals surface area contributed by atoms with Gasteiger partial charge in [0.2, 0.25) is 5.95 Å². The minimum atomic E-state index is -4.43. The third kappa shape index (κ3) is 4.07. The number of nitrogens with one attached hydrogen (secondary N) is 2. The SMILES string of the molecule is CNc1ncc2cc(-c3ccnc4c(Nc5cccc(C(F)(F)F)c5)nc(C)cc34)ccc2n1. The highest BCUT2D eigenvalue weighted by atomic mass is 19.4. The molecule has 6 nitrogen and oxygen atoms in total. The van der Waals surface area contributed by atoms with Crippen molar-refractivity contribution in [3.05, 3.63) is 78.2 Å². The molecule has 0 bridgehead atoms. The fraction of sp³-hybridized carbons (Fsp3) is 0.120. The Labute approximate surface area is 192 Å². The van der Waals surface area contributed by atoms with Crippen LogP contribution in [0.2, 0.25) is 0 Å². The molecule has 0 amide bonds. The van der Waals surface area contributed by atoms with Crippen LogP contribution in [0.25, 0.3) is 32.9 Å². The van der Waals surface area contributed by atoms with Gasteiger partial charge in [0, 0.05) is 41.6 Å². The summed E-state index contributed by atoms with van der Waals surface area (Å²) >= 11 is 0. The second-order valence-corrected chi connectivity index (χ2v) is 7.79. The van der Waals surface area contributed by atoms with E-state index in [1.165, 1.54) is 6.07 Å². The van der Waals surface area contributed by atoms with Crippen LogP contribution in [0.5, 0.6) is 0 Å². The Morgan fingerprint density at radius 1 is 0.912 bits per heavy atom. The second-order valence-electron chi connectivity index (χ2n) is 7.79. The minimum absolute atomic E-state index is 0.282. The molecular formula is C25H19F3N6. The predicted octanol–water partition coefficient (Wildman–Crippen LogP) is 6.35. The van der Waals surface area contributed by atoms with Crippen LogP contribution >= 0.6 is 0 Å². The number of hydrogen-bond acceptors (Lipinski definition) is 6. The van der Waals surface area contributed by atoms with Crippen LogP contribution in [0.4, 0.5) is 30.6 Å². The number of aromatic nitrogens is 4. The first-order valence-corrected chi connectivity index (χ1v) is 10.5. The number of aryl methyl sites for hydroxylation is 1. The number of alkyl halides is 3. The van der Waals surface area contributed by atoms with E-state index in [-0.39, 0.29) is 5.69 Å². The Kier molecular flexibility index (Phi) is 5.24. The van der Waals surface area contributed by atoms with E-state index in [4.69, 9.17) is 0 Å². The van der Waals surface area contributed by atoms with E-state index < -0.39 is 11.7 Å². The number of nitrogens with zero attached hydrogens (tertiary/aromatic N) is 4. The molecule has 9 heteroatoms. The fourth-order valence-electron chi connectivity index (χ4n) is 3.85. The van der Waals surface area contributed by atoms with Gasteiger partial charge in [0.05, 0.1) is 11.1 Å². The quantitative estimate of drug-likeness (QED) is 0.325. The van der Waals surface area contributed by atoms with E-state index in [0.717, 1.165) is 39.5 Å². The van der Waals surface area contributed by atoms with Crippen LogP contribution < -0.4 is 10.6 Å². The lowest BCUT2D eigenvalue weighted by atomic mass is 10.00. The van der Waals surface area contributed by atoms with E-state index in [1.54, 1.807) is 25.5 Å². The summed E-state index contributed by atoms with van der Waals surface area (Å²) in [6.07, 6.45) is -1.01. The van der Waals surface area contributed by atoms with Crippen LogP contribution in [0, 0.1) is 6.92 Å². The average molecular weight is 460 g/mol. The molecule has 170 valence electrons. The number of hydrogen-bond donors (Lipinski definition) is 2. The molecule has 0 saturated carbocycles. The fourth-order valence-corrected chi connectivity index (χ4v) is 3.85. The van der Waals surface area contributed by atoms with Gasteiger partial charge in [-0.1, -0.05) is 12.1 Å². The zero-order chi connectivity index (χ0) is 23.9. The molecule has 2 aromatic carbocycles. The molecule has 5 aromatic rings. The third-order valence-electron chi connectivity index (χ3n) is 5.42. The van der Waals surface area contributed by atoms with E-state index in [9.17, 15) is 13.2 Å². The van der Waals surface area contributed by atoms with Crippen LogP contribution in [-0.4, -0.2) is 27.0 Å². The molecule has 34 heavy (non-hydrogen) atoms. The molecule has 0 saturated heterocycles. The van der Waals surface area contributed by atoms with Gasteiger partial charge < -0.3 is 10.6 Å². The van der Waals surface area contributed by atoms with E-state index in [2.05, 4.69) is 30.6 Å². The summed E-state index contributed by atoms with van der Waals surface area (Å²) in [4.78, 5) is 17.7. The Hall–Kier alpha value is -4.27. The van der Waals surface area contributed by atoms with Crippen LogP contribution in [-0.2, 0) is 6.18 Å². The number of anilines is 3. The molecule has 0 aliphatic rings.